The Kier molecular flexibility index (Phi) is 6.70. The van der Waals surface area contributed by atoms with Crippen LogP contribution < -0.4 is 5.32 Å². The fourth-order valence-electron chi connectivity index (χ4n) is 4.24. The number of H-pyrrole nitrogens is 1. The van der Waals surface area contributed by atoms with Crippen molar-refractivity contribution in [3.63, 3.8) is 0 Å². The lowest BCUT2D eigenvalue weighted by Crippen LogP contribution is -2.48. The molecule has 2 N–H and O–H groups in total. The minimum atomic E-state index is 0.211. The third kappa shape index (κ3) is 5.62. The number of hydrogen-bond acceptors (Lipinski definition) is 3. The molecule has 1 aromatic heterocycles. The van der Waals surface area contributed by atoms with Crippen LogP contribution >= 0.6 is 0 Å². The molecule has 1 amide bonds. The van der Waals surface area contributed by atoms with Crippen LogP contribution in [0.25, 0.3) is 0 Å². The molecule has 0 aromatic carbocycles. The Balaban J connectivity index is 1.34. The lowest BCUT2D eigenvalue weighted by atomic mass is 9.88. The van der Waals surface area contributed by atoms with Crippen molar-refractivity contribution in [3.8, 4) is 0 Å². The van der Waals surface area contributed by atoms with Crippen molar-refractivity contribution in [1.29, 1.82) is 0 Å². The van der Waals surface area contributed by atoms with Crippen molar-refractivity contribution < 1.29 is 4.79 Å². The van der Waals surface area contributed by atoms with Crippen LogP contribution in [0, 0.1) is 5.92 Å². The predicted molar refractivity (Wildman–Crippen MR) is 95.7 cm³/mol. The molecule has 134 valence electrons. The molecular weight excluding hydrogens is 300 g/mol. The molecule has 1 saturated carbocycles. The summed E-state index contributed by atoms with van der Waals surface area (Å²) in [6.07, 6.45) is 15.6. The van der Waals surface area contributed by atoms with E-state index in [1.807, 2.05) is 12.4 Å². The third-order valence-electron chi connectivity index (χ3n) is 5.54. The Morgan fingerprint density at radius 1 is 1.25 bits per heavy atom. The van der Waals surface area contributed by atoms with Gasteiger partial charge in [0.1, 0.15) is 0 Å². The maximum absolute atomic E-state index is 12.2. The van der Waals surface area contributed by atoms with E-state index in [1.54, 1.807) is 0 Å². The van der Waals surface area contributed by atoms with Crippen LogP contribution in [0.1, 0.15) is 63.4 Å². The summed E-state index contributed by atoms with van der Waals surface area (Å²) in [6.45, 7) is 3.50. The number of aromatic nitrogens is 2. The molecule has 1 aliphatic heterocycles. The molecule has 1 aliphatic carbocycles. The molecule has 1 atom stereocenters. The topological polar surface area (TPSA) is 61.0 Å². The summed E-state index contributed by atoms with van der Waals surface area (Å²) in [5.41, 5.74) is 1.18. The number of carbonyl (C=O) groups excluding carboxylic acids is 1. The van der Waals surface area contributed by atoms with E-state index >= 15 is 0 Å². The van der Waals surface area contributed by atoms with E-state index in [-0.39, 0.29) is 5.91 Å². The first-order valence-corrected chi connectivity index (χ1v) is 9.79. The molecule has 0 radical (unpaired) electrons. The van der Waals surface area contributed by atoms with Crippen molar-refractivity contribution >= 4 is 5.91 Å². The number of likely N-dealkylation sites (tertiary alicyclic amines) is 1. The lowest BCUT2D eigenvalue weighted by molar-refractivity contribution is -0.122. The van der Waals surface area contributed by atoms with E-state index in [1.165, 1.54) is 57.2 Å². The van der Waals surface area contributed by atoms with Crippen LogP contribution in [0.2, 0.25) is 0 Å². The summed E-state index contributed by atoms with van der Waals surface area (Å²) in [6, 6.07) is 0.351. The van der Waals surface area contributed by atoms with Gasteiger partial charge in [-0.25, -0.2) is 0 Å². The van der Waals surface area contributed by atoms with Gasteiger partial charge in [0.15, 0.2) is 0 Å². The summed E-state index contributed by atoms with van der Waals surface area (Å²) in [5, 5.41) is 10.0. The van der Waals surface area contributed by atoms with E-state index in [0.717, 1.165) is 31.7 Å². The Morgan fingerprint density at radius 2 is 2.12 bits per heavy atom. The Bertz CT molecular complexity index is 482. The second-order valence-electron chi connectivity index (χ2n) is 7.63. The van der Waals surface area contributed by atoms with E-state index in [9.17, 15) is 4.79 Å². The number of aromatic amines is 1. The predicted octanol–water partition coefficient (Wildman–Crippen LogP) is 2.89. The van der Waals surface area contributed by atoms with Crippen LogP contribution in [0.5, 0.6) is 0 Å². The van der Waals surface area contributed by atoms with Gasteiger partial charge in [0.25, 0.3) is 0 Å². The molecule has 1 aromatic rings. The zero-order valence-electron chi connectivity index (χ0n) is 14.8. The number of aryl methyl sites for hydroxylation is 1. The van der Waals surface area contributed by atoms with Gasteiger partial charge in [-0.15, -0.1) is 0 Å². The highest BCUT2D eigenvalue weighted by atomic mass is 16.1. The summed E-state index contributed by atoms with van der Waals surface area (Å²) in [4.78, 5) is 14.8. The SMILES string of the molecule is O=C(CCCc1cn[nH]c1)N[C@@H]1CCCN(CC2CCCCC2)C1. The van der Waals surface area contributed by atoms with Crippen LogP contribution in [-0.2, 0) is 11.2 Å². The first kappa shape index (κ1) is 17.5. The standard InChI is InChI=1S/C19H32N4O/c24-19(10-4-8-17-12-20-21-13-17)22-18-9-5-11-23(15-18)14-16-6-2-1-3-7-16/h12-13,16,18H,1-11,14-15H2,(H,20,21)(H,22,24)/t18-/m1/s1. The van der Waals surface area contributed by atoms with E-state index in [2.05, 4.69) is 20.4 Å². The highest BCUT2D eigenvalue weighted by Crippen LogP contribution is 2.25. The minimum Gasteiger partial charge on any atom is -0.352 e. The Hall–Kier alpha value is -1.36. The summed E-state index contributed by atoms with van der Waals surface area (Å²) < 4.78 is 0. The minimum absolute atomic E-state index is 0.211. The maximum Gasteiger partial charge on any atom is 0.220 e. The fraction of sp³-hybridized carbons (Fsp3) is 0.789. The number of carbonyl (C=O) groups is 1. The number of hydrogen-bond donors (Lipinski definition) is 2. The van der Waals surface area contributed by atoms with Crippen LogP contribution in [-0.4, -0.2) is 46.7 Å². The number of amides is 1. The highest BCUT2D eigenvalue weighted by Gasteiger charge is 2.24. The maximum atomic E-state index is 12.2. The second kappa shape index (κ2) is 9.21. The second-order valence-corrected chi connectivity index (χ2v) is 7.63. The smallest absolute Gasteiger partial charge is 0.220 e. The molecule has 0 unspecified atom stereocenters. The lowest BCUT2D eigenvalue weighted by Gasteiger charge is -2.36. The van der Waals surface area contributed by atoms with Gasteiger partial charge in [-0.05, 0) is 56.6 Å². The molecule has 1 saturated heterocycles. The van der Waals surface area contributed by atoms with Gasteiger partial charge in [0, 0.05) is 31.7 Å². The molecule has 24 heavy (non-hydrogen) atoms. The summed E-state index contributed by atoms with van der Waals surface area (Å²) in [7, 11) is 0. The highest BCUT2D eigenvalue weighted by molar-refractivity contribution is 5.76. The third-order valence-corrected chi connectivity index (χ3v) is 5.54. The monoisotopic (exact) mass is 332 g/mol. The van der Waals surface area contributed by atoms with Gasteiger partial charge < -0.3 is 10.2 Å². The van der Waals surface area contributed by atoms with Gasteiger partial charge in [0.2, 0.25) is 5.91 Å². The van der Waals surface area contributed by atoms with Crippen LogP contribution in [0.3, 0.4) is 0 Å². The zero-order valence-corrected chi connectivity index (χ0v) is 14.8. The van der Waals surface area contributed by atoms with Crippen molar-refractivity contribution in [3.05, 3.63) is 18.0 Å². The average molecular weight is 332 g/mol. The quantitative estimate of drug-likeness (QED) is 0.807. The van der Waals surface area contributed by atoms with Gasteiger partial charge in [-0.1, -0.05) is 19.3 Å². The van der Waals surface area contributed by atoms with E-state index in [0.29, 0.717) is 12.5 Å². The first-order valence-electron chi connectivity index (χ1n) is 9.79. The first-order chi connectivity index (χ1) is 11.8. The molecule has 3 rings (SSSR count). The van der Waals surface area contributed by atoms with Crippen molar-refractivity contribution in [2.45, 2.75) is 70.3 Å². The summed E-state index contributed by atoms with van der Waals surface area (Å²) in [5.74, 6) is 1.10. The Labute approximate surface area is 145 Å². The zero-order chi connectivity index (χ0) is 16.6. The number of nitrogens with one attached hydrogen (secondary N) is 2. The number of nitrogens with zero attached hydrogens (tertiary/aromatic N) is 2. The molecule has 5 nitrogen and oxygen atoms in total. The van der Waals surface area contributed by atoms with Gasteiger partial charge >= 0.3 is 0 Å². The molecule has 2 aliphatic rings. The molecule has 2 fully saturated rings. The molecule has 0 bridgehead atoms. The number of rotatable bonds is 7. The van der Waals surface area contributed by atoms with Crippen LogP contribution in [0.4, 0.5) is 0 Å². The average Bonchev–Trinajstić information content (AvgIpc) is 3.09. The van der Waals surface area contributed by atoms with E-state index < -0.39 is 0 Å². The van der Waals surface area contributed by atoms with Crippen molar-refractivity contribution in [1.82, 2.24) is 20.4 Å². The molecule has 5 heteroatoms. The van der Waals surface area contributed by atoms with Gasteiger partial charge in [-0.2, -0.15) is 5.10 Å². The summed E-state index contributed by atoms with van der Waals surface area (Å²) >= 11 is 0. The molecular formula is C19H32N4O. The van der Waals surface area contributed by atoms with Gasteiger partial charge in [-0.3, -0.25) is 9.89 Å². The largest absolute Gasteiger partial charge is 0.352 e. The van der Waals surface area contributed by atoms with Crippen molar-refractivity contribution in [2.75, 3.05) is 19.6 Å². The normalized spacial score (nSPS) is 23.2. The Morgan fingerprint density at radius 3 is 2.92 bits per heavy atom. The van der Waals surface area contributed by atoms with E-state index in [4.69, 9.17) is 0 Å². The fourth-order valence-corrected chi connectivity index (χ4v) is 4.24. The number of piperidine rings is 1. The molecule has 2 heterocycles. The van der Waals surface area contributed by atoms with Crippen molar-refractivity contribution in [2.24, 2.45) is 5.92 Å². The van der Waals surface area contributed by atoms with Gasteiger partial charge in [0.05, 0.1) is 6.20 Å². The molecule has 0 spiro atoms. The van der Waals surface area contributed by atoms with Crippen LogP contribution in [0.15, 0.2) is 12.4 Å².